The van der Waals surface area contributed by atoms with E-state index in [0.717, 1.165) is 75.9 Å². The van der Waals surface area contributed by atoms with E-state index in [9.17, 15) is 0 Å². The molecule has 0 aromatic heterocycles. The van der Waals surface area contributed by atoms with Crippen LogP contribution in [0, 0.1) is 86.8 Å². The quantitative estimate of drug-likeness (QED) is 0.314. The summed E-state index contributed by atoms with van der Waals surface area (Å²) in [6.07, 6.45) is 26.6. The molecule has 0 heteroatoms. The predicted octanol–water partition coefficient (Wildman–Crippen LogP) is 11.6. The van der Waals surface area contributed by atoms with Crippen LogP contribution >= 0.6 is 0 Å². The van der Waals surface area contributed by atoms with Crippen molar-refractivity contribution in [1.29, 1.82) is 0 Å². The maximum atomic E-state index is 2.58. The average molecular weight is 535 g/mol. The van der Waals surface area contributed by atoms with Gasteiger partial charge >= 0.3 is 0 Å². The Kier molecular flexibility index (Phi) is 6.77. The maximum Gasteiger partial charge on any atom is -0.0241 e. The maximum absolute atomic E-state index is 2.58. The molecule has 39 heavy (non-hydrogen) atoms. The van der Waals surface area contributed by atoms with Crippen molar-refractivity contribution in [2.24, 2.45) is 86.8 Å². The zero-order valence-electron chi connectivity index (χ0n) is 27.4. The summed E-state index contributed by atoms with van der Waals surface area (Å²) in [5.74, 6) is 12.3. The van der Waals surface area contributed by atoms with Gasteiger partial charge in [0.05, 0.1) is 0 Å². The highest BCUT2D eigenvalue weighted by Gasteiger charge is 2.56. The lowest BCUT2D eigenvalue weighted by molar-refractivity contribution is -0.113. The highest BCUT2D eigenvalue weighted by atomic mass is 14.6. The Morgan fingerprint density at radius 1 is 0.462 bits per heavy atom. The van der Waals surface area contributed by atoms with Crippen molar-refractivity contribution in [3.05, 3.63) is 0 Å². The molecular weight excluding hydrogens is 468 g/mol. The first kappa shape index (κ1) is 27.8. The van der Waals surface area contributed by atoms with Crippen LogP contribution in [-0.4, -0.2) is 0 Å². The van der Waals surface area contributed by atoms with Crippen LogP contribution in [-0.2, 0) is 0 Å². The van der Waals surface area contributed by atoms with Crippen molar-refractivity contribution >= 4 is 0 Å². The summed E-state index contributed by atoms with van der Waals surface area (Å²) in [7, 11) is 0. The first-order valence-electron chi connectivity index (χ1n) is 18.4. The summed E-state index contributed by atoms with van der Waals surface area (Å²) in [4.78, 5) is 0. The van der Waals surface area contributed by atoms with E-state index < -0.39 is 0 Å². The monoisotopic (exact) mass is 535 g/mol. The summed E-state index contributed by atoms with van der Waals surface area (Å²) >= 11 is 0. The zero-order chi connectivity index (χ0) is 27.4. The van der Waals surface area contributed by atoms with Gasteiger partial charge in [0, 0.05) is 0 Å². The van der Waals surface area contributed by atoms with Crippen LogP contribution < -0.4 is 0 Å². The molecule has 12 aliphatic rings. The van der Waals surface area contributed by atoms with Gasteiger partial charge in [-0.05, 0) is 189 Å². The van der Waals surface area contributed by atoms with Crippen molar-refractivity contribution in [3.63, 3.8) is 0 Å². The molecule has 0 saturated heterocycles. The molecule has 0 amide bonds. The van der Waals surface area contributed by atoms with E-state index in [2.05, 4.69) is 48.5 Å². The molecule has 12 aliphatic carbocycles. The van der Waals surface area contributed by atoms with E-state index in [1.54, 1.807) is 103 Å². The first-order chi connectivity index (χ1) is 18.4. The second kappa shape index (κ2) is 9.50. The molecular formula is C39H66. The van der Waals surface area contributed by atoms with Crippen molar-refractivity contribution < 1.29 is 0 Å². The molecule has 222 valence electrons. The van der Waals surface area contributed by atoms with Gasteiger partial charge in [-0.25, -0.2) is 0 Å². The first-order valence-corrected chi connectivity index (χ1v) is 18.4. The van der Waals surface area contributed by atoms with E-state index in [-0.39, 0.29) is 0 Å². The number of hydrogen-bond acceptors (Lipinski definition) is 0. The second-order valence-electron chi connectivity index (χ2n) is 19.7. The van der Waals surface area contributed by atoms with E-state index >= 15 is 0 Å². The van der Waals surface area contributed by atoms with E-state index in [4.69, 9.17) is 0 Å². The highest BCUT2D eigenvalue weighted by molar-refractivity contribution is 5.06. The fourth-order valence-corrected chi connectivity index (χ4v) is 14.3. The molecule has 12 fully saturated rings. The molecule has 0 unspecified atom stereocenters. The minimum absolute atomic E-state index is 0.559. The molecule has 0 atom stereocenters. The molecule has 12 rings (SSSR count). The molecule has 0 radical (unpaired) electrons. The Bertz CT molecular complexity index is 802. The van der Waals surface area contributed by atoms with Crippen LogP contribution in [0.1, 0.15) is 158 Å². The summed E-state index contributed by atoms with van der Waals surface area (Å²) in [5.41, 5.74) is 2.74. The molecule has 0 nitrogen and oxygen atoms in total. The van der Waals surface area contributed by atoms with Gasteiger partial charge in [-0.3, -0.25) is 0 Å². The minimum atomic E-state index is 0.559. The van der Waals surface area contributed by atoms with Crippen molar-refractivity contribution in [3.8, 4) is 0 Å². The Hall–Kier alpha value is 0. The van der Waals surface area contributed by atoms with Gasteiger partial charge < -0.3 is 0 Å². The third kappa shape index (κ3) is 4.64. The number of hydrogen-bond donors (Lipinski definition) is 0. The van der Waals surface area contributed by atoms with Crippen LogP contribution in [0.15, 0.2) is 0 Å². The smallest absolute Gasteiger partial charge is 0.0241 e. The molecule has 0 aliphatic heterocycles. The fourth-order valence-electron chi connectivity index (χ4n) is 14.3. The second-order valence-corrected chi connectivity index (χ2v) is 19.7. The SMILES string of the molecule is CC(C)(C)C12CC3CC(CC(C3)C1)C2.CC1(C)C2CC3CC(C2)CC1C3.CCC1(C)C2CC3CC(C2)CC1C3. The third-order valence-electron chi connectivity index (χ3n) is 16.6. The molecule has 12 saturated carbocycles. The number of rotatable bonds is 1. The Balaban J connectivity index is 0.0000000976. The standard InChI is InChI=1S/C14H24.C13H22.C12H20/c1-13(2,3)14-7-10-4-11(8-14)6-12(5-10)9-14;1-3-13(2)11-5-9-4-10(7-11)8-12(13)6-9;1-12(2)10-4-8-3-9(6-10)7-11(12)5-8/h10-12H,4-9H2,1-3H3;9-12H,3-8H2,1-2H3;8-11H,3-7H2,1-2H3. The molecule has 0 aromatic carbocycles. The molecule has 12 bridgehead atoms. The summed E-state index contributed by atoms with van der Waals surface area (Å²) < 4.78 is 0. The van der Waals surface area contributed by atoms with Crippen molar-refractivity contribution in [2.45, 2.75) is 158 Å². The van der Waals surface area contributed by atoms with Gasteiger partial charge in [0.2, 0.25) is 0 Å². The van der Waals surface area contributed by atoms with Gasteiger partial charge in [0.15, 0.2) is 0 Å². The van der Waals surface area contributed by atoms with Gasteiger partial charge in [-0.2, -0.15) is 0 Å². The van der Waals surface area contributed by atoms with E-state index in [0.29, 0.717) is 10.8 Å². The predicted molar refractivity (Wildman–Crippen MR) is 166 cm³/mol. The third-order valence-corrected chi connectivity index (χ3v) is 16.6. The summed E-state index contributed by atoms with van der Waals surface area (Å²) in [6, 6.07) is 0. The Labute approximate surface area is 244 Å². The molecule has 0 N–H and O–H groups in total. The van der Waals surface area contributed by atoms with Gasteiger partial charge in [-0.15, -0.1) is 0 Å². The van der Waals surface area contributed by atoms with Crippen LogP contribution in [0.3, 0.4) is 0 Å². The van der Waals surface area contributed by atoms with Gasteiger partial charge in [0.25, 0.3) is 0 Å². The Morgan fingerprint density at radius 3 is 1.08 bits per heavy atom. The lowest BCUT2D eigenvalue weighted by Gasteiger charge is -2.62. The fraction of sp³-hybridized carbons (Fsp3) is 1.00. The van der Waals surface area contributed by atoms with Gasteiger partial charge in [0.1, 0.15) is 0 Å². The summed E-state index contributed by atoms with van der Waals surface area (Å²) in [6.45, 7) is 17.5. The lowest BCUT2D eigenvalue weighted by Crippen LogP contribution is -2.51. The normalized spacial score (nSPS) is 54.7. The van der Waals surface area contributed by atoms with Crippen molar-refractivity contribution in [2.75, 3.05) is 0 Å². The van der Waals surface area contributed by atoms with Crippen LogP contribution in [0.5, 0.6) is 0 Å². The van der Waals surface area contributed by atoms with Crippen LogP contribution in [0.4, 0.5) is 0 Å². The molecule has 0 heterocycles. The van der Waals surface area contributed by atoms with Gasteiger partial charge in [-0.1, -0.05) is 54.9 Å². The summed E-state index contributed by atoms with van der Waals surface area (Å²) in [5, 5.41) is 0. The van der Waals surface area contributed by atoms with E-state index in [1.807, 2.05) is 0 Å². The highest BCUT2D eigenvalue weighted by Crippen LogP contribution is 2.66. The Morgan fingerprint density at radius 2 is 0.769 bits per heavy atom. The van der Waals surface area contributed by atoms with E-state index in [1.165, 1.54) is 6.42 Å². The zero-order valence-corrected chi connectivity index (χ0v) is 27.4. The lowest BCUT2D eigenvalue weighted by atomic mass is 9.43. The topological polar surface area (TPSA) is 0 Å². The van der Waals surface area contributed by atoms with Crippen LogP contribution in [0.2, 0.25) is 0 Å². The minimum Gasteiger partial charge on any atom is -0.0648 e. The average Bonchev–Trinajstić information content (AvgIpc) is 2.84. The van der Waals surface area contributed by atoms with Crippen molar-refractivity contribution in [1.82, 2.24) is 0 Å². The molecule has 0 aromatic rings. The molecule has 0 spiro atoms. The largest absolute Gasteiger partial charge is 0.0648 e. The van der Waals surface area contributed by atoms with Crippen LogP contribution in [0.25, 0.3) is 0 Å².